The van der Waals surface area contributed by atoms with Crippen molar-refractivity contribution in [2.24, 2.45) is 0 Å². The lowest BCUT2D eigenvalue weighted by Gasteiger charge is -2.18. The summed E-state index contributed by atoms with van der Waals surface area (Å²) in [6, 6.07) is 110. The quantitative estimate of drug-likeness (QED) is 0.143. The highest BCUT2D eigenvalue weighted by atomic mass is 15.1. The van der Waals surface area contributed by atoms with Gasteiger partial charge in [0.25, 0.3) is 0 Å². The van der Waals surface area contributed by atoms with Crippen LogP contribution in [0, 0.1) is 0 Å². The first kappa shape index (κ1) is 49.6. The molecule has 0 radical (unpaired) electrons. The smallest absolute Gasteiger partial charge is 0.146 e. The van der Waals surface area contributed by atoms with Crippen LogP contribution in [0.5, 0.6) is 0 Å². The molecule has 3 aromatic heterocycles. The molecule has 0 bridgehead atoms. The van der Waals surface area contributed by atoms with E-state index in [9.17, 15) is 0 Å². The van der Waals surface area contributed by atoms with Crippen molar-refractivity contribution >= 4 is 97.6 Å². The third-order valence-corrected chi connectivity index (χ3v) is 18.1. The first-order chi connectivity index (χ1) is 43.6. The standard InChI is InChI=1S/C83H51N5/c1-2-21-63(22-3-1)87-77-45-44-59(50-75(77)86-83(87)81-71-29-13-11-27-69(71)80(70-28-12-14-30-72(70)81)61-42-34-52-18-4-5-19-55(52)47-61)57-39-40-58-48-62(43-41-56(58)46-57)79-67-25-9-7-23-65(67)78(66-24-8-10-26-68(66)79)53-35-37-54(38-36-53)82-85-74-32-16-17-33-76(74)88(82)64-49-60-20-6-15-31-73(60)84-51-64/h1-51H. The molecule has 0 aliphatic rings. The van der Waals surface area contributed by atoms with Crippen LogP contribution in [0.4, 0.5) is 0 Å². The zero-order valence-corrected chi connectivity index (χ0v) is 47.7. The van der Waals surface area contributed by atoms with Crippen LogP contribution in [-0.4, -0.2) is 24.1 Å². The highest BCUT2D eigenvalue weighted by Gasteiger charge is 2.24. The summed E-state index contributed by atoms with van der Waals surface area (Å²) >= 11 is 0. The summed E-state index contributed by atoms with van der Waals surface area (Å²) in [7, 11) is 0. The van der Waals surface area contributed by atoms with E-state index in [1.165, 1.54) is 92.5 Å². The Labute approximate surface area is 507 Å². The van der Waals surface area contributed by atoms with Gasteiger partial charge in [-0.1, -0.05) is 237 Å². The van der Waals surface area contributed by atoms with Gasteiger partial charge in [-0.3, -0.25) is 14.1 Å². The van der Waals surface area contributed by atoms with E-state index in [4.69, 9.17) is 15.0 Å². The van der Waals surface area contributed by atoms with Gasteiger partial charge in [-0.25, -0.2) is 9.97 Å². The molecule has 0 saturated heterocycles. The lowest BCUT2D eigenvalue weighted by Crippen LogP contribution is -1.99. The van der Waals surface area contributed by atoms with Crippen molar-refractivity contribution in [2.75, 3.05) is 0 Å². The molecule has 18 aromatic rings. The number of hydrogen-bond donors (Lipinski definition) is 0. The molecule has 88 heavy (non-hydrogen) atoms. The highest BCUT2D eigenvalue weighted by molar-refractivity contribution is 6.23. The molecule has 408 valence electrons. The molecule has 0 aliphatic heterocycles. The predicted octanol–water partition coefficient (Wildman–Crippen LogP) is 21.8. The van der Waals surface area contributed by atoms with Gasteiger partial charge in [-0.2, -0.15) is 0 Å². The Bertz CT molecular complexity index is 5760. The summed E-state index contributed by atoms with van der Waals surface area (Å²) < 4.78 is 4.59. The van der Waals surface area contributed by atoms with Crippen molar-refractivity contribution in [1.82, 2.24) is 24.1 Å². The lowest BCUT2D eigenvalue weighted by atomic mass is 9.85. The number of para-hydroxylation sites is 4. The molecule has 0 aliphatic carbocycles. The normalized spacial score (nSPS) is 11.9. The second kappa shape index (κ2) is 19.9. The number of fused-ring (bicyclic) bond motifs is 9. The van der Waals surface area contributed by atoms with E-state index in [1.807, 2.05) is 12.3 Å². The van der Waals surface area contributed by atoms with Crippen LogP contribution in [-0.2, 0) is 0 Å². The Morgan fingerprint density at radius 1 is 0.216 bits per heavy atom. The van der Waals surface area contributed by atoms with Crippen molar-refractivity contribution < 1.29 is 0 Å². The minimum atomic E-state index is 0.877. The van der Waals surface area contributed by atoms with Crippen molar-refractivity contribution in [2.45, 2.75) is 0 Å². The van der Waals surface area contributed by atoms with Crippen LogP contribution in [0.2, 0.25) is 0 Å². The molecule has 0 saturated carbocycles. The first-order valence-electron chi connectivity index (χ1n) is 30.1. The minimum Gasteiger partial charge on any atom is -0.292 e. The molecule has 0 N–H and O–H groups in total. The van der Waals surface area contributed by atoms with E-state index < -0.39 is 0 Å². The van der Waals surface area contributed by atoms with E-state index in [2.05, 4.69) is 306 Å². The number of pyridine rings is 1. The summed E-state index contributed by atoms with van der Waals surface area (Å²) in [5.41, 5.74) is 18.6. The van der Waals surface area contributed by atoms with Crippen molar-refractivity contribution in [3.8, 4) is 78.7 Å². The van der Waals surface area contributed by atoms with Crippen molar-refractivity contribution in [3.05, 3.63) is 310 Å². The summed E-state index contributed by atoms with van der Waals surface area (Å²) in [5.74, 6) is 1.79. The van der Waals surface area contributed by atoms with E-state index in [0.717, 1.165) is 83.8 Å². The zero-order chi connectivity index (χ0) is 57.8. The first-order valence-corrected chi connectivity index (χ1v) is 30.1. The number of nitrogens with zero attached hydrogens (tertiary/aromatic N) is 5. The fourth-order valence-corrected chi connectivity index (χ4v) is 14.1. The number of benzene rings is 15. The molecule has 5 nitrogen and oxygen atoms in total. The maximum atomic E-state index is 5.67. The number of rotatable bonds is 8. The molecule has 0 amide bonds. The molecule has 3 heterocycles. The fraction of sp³-hybridized carbons (Fsp3) is 0. The van der Waals surface area contributed by atoms with Gasteiger partial charge in [0, 0.05) is 22.2 Å². The average molecular weight is 1120 g/mol. The summed E-state index contributed by atoms with van der Waals surface area (Å²) in [5, 5.41) is 15.5. The van der Waals surface area contributed by atoms with Crippen LogP contribution in [0.25, 0.3) is 176 Å². The maximum Gasteiger partial charge on any atom is 0.146 e. The molecule has 0 atom stereocenters. The number of hydrogen-bond acceptors (Lipinski definition) is 3. The third kappa shape index (κ3) is 7.91. The predicted molar refractivity (Wildman–Crippen MR) is 369 cm³/mol. The zero-order valence-electron chi connectivity index (χ0n) is 47.7. The SMILES string of the molecule is c1ccc(-n2c(-c3c4ccccc4c(-c4ccc5ccccc5c4)c4ccccc34)nc3cc(-c4ccc5cc(-c6c7ccccc7c(-c7ccc(-c8nc9ccccc9n8-c8cnc9ccccc9c8)cc7)c7ccccc67)ccc5c4)ccc32)cc1. The second-order valence-corrected chi connectivity index (χ2v) is 23.1. The van der Waals surface area contributed by atoms with Crippen LogP contribution in [0.15, 0.2) is 310 Å². The Morgan fingerprint density at radius 2 is 0.614 bits per heavy atom. The van der Waals surface area contributed by atoms with E-state index in [1.54, 1.807) is 0 Å². The van der Waals surface area contributed by atoms with Gasteiger partial charge >= 0.3 is 0 Å². The maximum absolute atomic E-state index is 5.67. The summed E-state index contributed by atoms with van der Waals surface area (Å²) in [6.07, 6.45) is 1.95. The summed E-state index contributed by atoms with van der Waals surface area (Å²) in [4.78, 5) is 15.7. The van der Waals surface area contributed by atoms with Crippen LogP contribution in [0.1, 0.15) is 0 Å². The largest absolute Gasteiger partial charge is 0.292 e. The number of aromatic nitrogens is 5. The van der Waals surface area contributed by atoms with Crippen LogP contribution >= 0.6 is 0 Å². The molecule has 0 fully saturated rings. The van der Waals surface area contributed by atoms with Crippen LogP contribution < -0.4 is 0 Å². The third-order valence-electron chi connectivity index (χ3n) is 18.1. The fourth-order valence-electron chi connectivity index (χ4n) is 14.1. The second-order valence-electron chi connectivity index (χ2n) is 23.1. The van der Waals surface area contributed by atoms with Gasteiger partial charge in [0.15, 0.2) is 0 Å². The van der Waals surface area contributed by atoms with Gasteiger partial charge in [-0.15, -0.1) is 0 Å². The van der Waals surface area contributed by atoms with E-state index in [0.29, 0.717) is 0 Å². The van der Waals surface area contributed by atoms with Gasteiger partial charge in [0.1, 0.15) is 11.6 Å². The lowest BCUT2D eigenvalue weighted by molar-refractivity contribution is 1.09. The monoisotopic (exact) mass is 1120 g/mol. The Balaban J connectivity index is 0.725. The minimum absolute atomic E-state index is 0.877. The van der Waals surface area contributed by atoms with Gasteiger partial charge in [0.2, 0.25) is 0 Å². The van der Waals surface area contributed by atoms with Gasteiger partial charge in [-0.05, 0) is 176 Å². The van der Waals surface area contributed by atoms with Crippen LogP contribution in [0.3, 0.4) is 0 Å². The topological polar surface area (TPSA) is 48.5 Å². The van der Waals surface area contributed by atoms with E-state index >= 15 is 0 Å². The molecule has 0 spiro atoms. The molecule has 18 rings (SSSR count). The highest BCUT2D eigenvalue weighted by Crippen LogP contribution is 2.48. The average Bonchev–Trinajstić information content (AvgIpc) is 1.27. The van der Waals surface area contributed by atoms with Crippen molar-refractivity contribution in [1.29, 1.82) is 0 Å². The van der Waals surface area contributed by atoms with Gasteiger partial charge < -0.3 is 0 Å². The van der Waals surface area contributed by atoms with Gasteiger partial charge in [0.05, 0.1) is 39.5 Å². The molecular formula is C83H51N5. The van der Waals surface area contributed by atoms with Crippen molar-refractivity contribution in [3.63, 3.8) is 0 Å². The molecule has 15 aromatic carbocycles. The molecule has 0 unspecified atom stereocenters. The molecule has 5 heteroatoms. The molecular weight excluding hydrogens is 1070 g/mol. The summed E-state index contributed by atoms with van der Waals surface area (Å²) in [6.45, 7) is 0. The van der Waals surface area contributed by atoms with E-state index in [-0.39, 0.29) is 0 Å². The Kier molecular flexibility index (Phi) is 11.2. The number of imidazole rings is 2. The Hall–Kier alpha value is -11.8. The Morgan fingerprint density at radius 3 is 1.24 bits per heavy atom.